The van der Waals surface area contributed by atoms with Crippen LogP contribution in [0, 0.1) is 5.92 Å². The molecule has 0 spiro atoms. The van der Waals surface area contributed by atoms with E-state index < -0.39 is 0 Å². The van der Waals surface area contributed by atoms with Gasteiger partial charge in [-0.15, -0.1) is 0 Å². The average Bonchev–Trinajstić information content (AvgIpc) is 2.46. The Balaban J connectivity index is 1.96. The lowest BCUT2D eigenvalue weighted by molar-refractivity contribution is 0.262. The molecule has 1 saturated carbocycles. The molecule has 0 heterocycles. The van der Waals surface area contributed by atoms with Crippen molar-refractivity contribution in [2.75, 3.05) is 0 Å². The van der Waals surface area contributed by atoms with E-state index in [-0.39, 0.29) is 0 Å². The van der Waals surface area contributed by atoms with Crippen molar-refractivity contribution in [3.63, 3.8) is 0 Å². The third-order valence-corrected chi connectivity index (χ3v) is 4.75. The third-order valence-electron chi connectivity index (χ3n) is 4.50. The van der Waals surface area contributed by atoms with Gasteiger partial charge in [-0.1, -0.05) is 49.9 Å². The van der Waals surface area contributed by atoms with Crippen LogP contribution in [-0.2, 0) is 0 Å². The van der Waals surface area contributed by atoms with Crippen LogP contribution in [0.3, 0.4) is 0 Å². The maximum atomic E-state index is 5.97. The lowest BCUT2D eigenvalue weighted by atomic mass is 9.84. The highest BCUT2D eigenvalue weighted by Crippen LogP contribution is 2.28. The Morgan fingerprint density at radius 2 is 1.79 bits per heavy atom. The number of nitrogens with one attached hydrogen (secondary N) is 1. The lowest BCUT2D eigenvalue weighted by Gasteiger charge is -2.31. The van der Waals surface area contributed by atoms with Crippen LogP contribution < -0.4 is 5.32 Å². The molecule has 1 nitrogen and oxygen atoms in total. The molecule has 2 heteroatoms. The molecule has 0 aliphatic heterocycles. The second-order valence-corrected chi connectivity index (χ2v) is 6.30. The van der Waals surface area contributed by atoms with Gasteiger partial charge in [-0.3, -0.25) is 0 Å². The van der Waals surface area contributed by atoms with Gasteiger partial charge >= 0.3 is 0 Å². The van der Waals surface area contributed by atoms with Gasteiger partial charge in [0.2, 0.25) is 0 Å². The molecule has 2 atom stereocenters. The predicted molar refractivity (Wildman–Crippen MR) is 83.7 cm³/mol. The van der Waals surface area contributed by atoms with Gasteiger partial charge in [-0.2, -0.15) is 0 Å². The zero-order valence-corrected chi connectivity index (χ0v) is 12.9. The van der Waals surface area contributed by atoms with Gasteiger partial charge in [0.1, 0.15) is 0 Å². The standard InChI is InChI=1S/C17H26ClN/c1-3-17(15-9-11-16(18)12-10-15)19-13(2)14-7-5-4-6-8-14/h9-14,17,19H,3-8H2,1-2H3. The fourth-order valence-electron chi connectivity index (χ4n) is 3.23. The van der Waals surface area contributed by atoms with E-state index >= 15 is 0 Å². The summed E-state index contributed by atoms with van der Waals surface area (Å²) in [6, 6.07) is 9.35. The predicted octanol–water partition coefficient (Wildman–Crippen LogP) is 5.35. The molecule has 1 aromatic rings. The fraction of sp³-hybridized carbons (Fsp3) is 0.647. The third kappa shape index (κ3) is 4.22. The van der Waals surface area contributed by atoms with Crippen LogP contribution in [-0.4, -0.2) is 6.04 Å². The molecular weight excluding hydrogens is 254 g/mol. The van der Waals surface area contributed by atoms with E-state index in [9.17, 15) is 0 Å². The Morgan fingerprint density at radius 1 is 1.16 bits per heavy atom. The number of halogens is 1. The van der Waals surface area contributed by atoms with Gasteiger partial charge in [0.05, 0.1) is 0 Å². The van der Waals surface area contributed by atoms with Crippen molar-refractivity contribution in [3.05, 3.63) is 34.9 Å². The minimum absolute atomic E-state index is 0.453. The fourth-order valence-corrected chi connectivity index (χ4v) is 3.36. The first-order valence-electron chi connectivity index (χ1n) is 7.72. The highest BCUT2D eigenvalue weighted by atomic mass is 35.5. The van der Waals surface area contributed by atoms with E-state index in [4.69, 9.17) is 11.6 Å². The average molecular weight is 280 g/mol. The minimum Gasteiger partial charge on any atom is -0.307 e. The van der Waals surface area contributed by atoms with Crippen molar-refractivity contribution in [3.8, 4) is 0 Å². The number of hydrogen-bond acceptors (Lipinski definition) is 1. The second kappa shape index (κ2) is 7.31. The summed E-state index contributed by atoms with van der Waals surface area (Å²) in [4.78, 5) is 0. The van der Waals surface area contributed by atoms with E-state index in [0.29, 0.717) is 12.1 Å². The lowest BCUT2D eigenvalue weighted by Crippen LogP contribution is -2.37. The smallest absolute Gasteiger partial charge is 0.0406 e. The molecular formula is C17H26ClN. The first kappa shape index (κ1) is 14.9. The summed E-state index contributed by atoms with van der Waals surface area (Å²) in [6.07, 6.45) is 8.16. The van der Waals surface area contributed by atoms with E-state index in [0.717, 1.165) is 17.4 Å². The summed E-state index contributed by atoms with van der Waals surface area (Å²) in [6.45, 7) is 4.61. The van der Waals surface area contributed by atoms with Crippen molar-refractivity contribution < 1.29 is 0 Å². The van der Waals surface area contributed by atoms with E-state index in [2.05, 4.69) is 31.3 Å². The largest absolute Gasteiger partial charge is 0.307 e. The van der Waals surface area contributed by atoms with Crippen molar-refractivity contribution in [2.24, 2.45) is 5.92 Å². The highest BCUT2D eigenvalue weighted by Gasteiger charge is 2.22. The van der Waals surface area contributed by atoms with Crippen molar-refractivity contribution in [2.45, 2.75) is 64.5 Å². The number of benzene rings is 1. The van der Waals surface area contributed by atoms with E-state index in [1.54, 1.807) is 0 Å². The Hall–Kier alpha value is -0.530. The van der Waals surface area contributed by atoms with Gasteiger partial charge in [0.25, 0.3) is 0 Å². The van der Waals surface area contributed by atoms with Crippen LogP contribution in [0.25, 0.3) is 0 Å². The summed E-state index contributed by atoms with van der Waals surface area (Å²) in [5, 5.41) is 4.65. The molecule has 0 aromatic heterocycles. The van der Waals surface area contributed by atoms with Gasteiger partial charge in [0.15, 0.2) is 0 Å². The second-order valence-electron chi connectivity index (χ2n) is 5.87. The molecule has 0 amide bonds. The molecule has 0 radical (unpaired) electrons. The van der Waals surface area contributed by atoms with Crippen LogP contribution in [0.15, 0.2) is 24.3 Å². The summed E-state index contributed by atoms with van der Waals surface area (Å²) < 4.78 is 0. The molecule has 19 heavy (non-hydrogen) atoms. The zero-order chi connectivity index (χ0) is 13.7. The van der Waals surface area contributed by atoms with Crippen LogP contribution >= 0.6 is 11.6 Å². The molecule has 1 aliphatic carbocycles. The molecule has 1 fully saturated rings. The molecule has 2 unspecified atom stereocenters. The Kier molecular flexibility index (Phi) is 5.72. The minimum atomic E-state index is 0.453. The topological polar surface area (TPSA) is 12.0 Å². The molecule has 1 aromatic carbocycles. The van der Waals surface area contributed by atoms with Crippen molar-refractivity contribution >= 4 is 11.6 Å². The van der Waals surface area contributed by atoms with Gasteiger partial charge in [-0.05, 0) is 49.8 Å². The molecule has 2 rings (SSSR count). The van der Waals surface area contributed by atoms with E-state index in [1.165, 1.54) is 37.7 Å². The number of hydrogen-bond donors (Lipinski definition) is 1. The highest BCUT2D eigenvalue weighted by molar-refractivity contribution is 6.30. The van der Waals surface area contributed by atoms with Crippen LogP contribution in [0.1, 0.15) is 64.0 Å². The zero-order valence-electron chi connectivity index (χ0n) is 12.2. The van der Waals surface area contributed by atoms with Crippen LogP contribution in [0.5, 0.6) is 0 Å². The van der Waals surface area contributed by atoms with Crippen molar-refractivity contribution in [1.29, 1.82) is 0 Å². The number of rotatable bonds is 5. The summed E-state index contributed by atoms with van der Waals surface area (Å²) in [5.41, 5.74) is 1.36. The van der Waals surface area contributed by atoms with Crippen molar-refractivity contribution in [1.82, 2.24) is 5.32 Å². The first-order valence-corrected chi connectivity index (χ1v) is 8.10. The maximum Gasteiger partial charge on any atom is 0.0406 e. The summed E-state index contributed by atoms with van der Waals surface area (Å²) >= 11 is 5.97. The molecule has 1 N–H and O–H groups in total. The quantitative estimate of drug-likeness (QED) is 0.766. The molecule has 1 aliphatic rings. The summed E-state index contributed by atoms with van der Waals surface area (Å²) in [7, 11) is 0. The van der Waals surface area contributed by atoms with Crippen LogP contribution in [0.2, 0.25) is 5.02 Å². The molecule has 0 bridgehead atoms. The van der Waals surface area contributed by atoms with E-state index in [1.807, 2.05) is 12.1 Å². The molecule has 0 saturated heterocycles. The van der Waals surface area contributed by atoms with Crippen LogP contribution in [0.4, 0.5) is 0 Å². The Labute approximate surface area is 122 Å². The SMILES string of the molecule is CCC(NC(C)C1CCCCC1)c1ccc(Cl)cc1. The monoisotopic (exact) mass is 279 g/mol. The van der Waals surface area contributed by atoms with Gasteiger partial charge < -0.3 is 5.32 Å². The molecule has 106 valence electrons. The first-order chi connectivity index (χ1) is 9.20. The van der Waals surface area contributed by atoms with Gasteiger partial charge in [0, 0.05) is 17.1 Å². The summed E-state index contributed by atoms with van der Waals surface area (Å²) in [5.74, 6) is 0.857. The Morgan fingerprint density at radius 3 is 2.37 bits per heavy atom. The maximum absolute atomic E-state index is 5.97. The van der Waals surface area contributed by atoms with Gasteiger partial charge in [-0.25, -0.2) is 0 Å². The normalized spacial score (nSPS) is 20.2. The Bertz CT molecular complexity index is 367.